The van der Waals surface area contributed by atoms with Crippen LogP contribution in [-0.4, -0.2) is 66.7 Å². The van der Waals surface area contributed by atoms with Crippen molar-refractivity contribution in [1.82, 2.24) is 21.3 Å². The van der Waals surface area contributed by atoms with Crippen LogP contribution >= 0.6 is 0 Å². The Morgan fingerprint density at radius 2 is 1.31 bits per heavy atom. The van der Waals surface area contributed by atoms with Crippen LogP contribution in [0.15, 0.2) is 0 Å². The maximum atomic E-state index is 12.4. The van der Waals surface area contributed by atoms with Gasteiger partial charge in [0.15, 0.2) is 0 Å². The summed E-state index contributed by atoms with van der Waals surface area (Å²) in [5, 5.41) is 9.97. The van der Waals surface area contributed by atoms with Crippen molar-refractivity contribution in [2.45, 2.75) is 77.2 Å². The minimum Gasteiger partial charge on any atom is -0.345 e. The highest BCUT2D eigenvalue weighted by Crippen LogP contribution is 2.02. The van der Waals surface area contributed by atoms with Crippen LogP contribution in [0.3, 0.4) is 0 Å². The number of nitrogens with one attached hydrogen (secondary N) is 4. The first-order valence-electron chi connectivity index (χ1n) is 9.65. The number of rotatable bonds is 13. The van der Waals surface area contributed by atoms with Crippen molar-refractivity contribution in [1.29, 1.82) is 0 Å². The Balaban J connectivity index is 4.86. The van der Waals surface area contributed by atoms with Gasteiger partial charge in [-0.05, 0) is 53.5 Å². The third-order valence-electron chi connectivity index (χ3n) is 4.07. The fourth-order valence-corrected chi connectivity index (χ4v) is 2.23. The zero-order valence-corrected chi connectivity index (χ0v) is 17.5. The van der Waals surface area contributed by atoms with Gasteiger partial charge in [-0.1, -0.05) is 0 Å². The molecule has 0 spiro atoms. The fraction of sp³-hybridized carbons (Fsp3) is 0.722. The lowest BCUT2D eigenvalue weighted by molar-refractivity contribution is -0.133. The van der Waals surface area contributed by atoms with Crippen molar-refractivity contribution in [3.8, 4) is 0 Å². The summed E-state index contributed by atoms with van der Waals surface area (Å²) in [6.45, 7) is 6.37. The molecule has 11 nitrogen and oxygen atoms in total. The van der Waals surface area contributed by atoms with E-state index in [0.29, 0.717) is 32.1 Å². The van der Waals surface area contributed by atoms with Crippen molar-refractivity contribution in [2.75, 3.05) is 6.54 Å². The standard InChI is InChI=1S/C18H34N6O5/c1-10(9-25)21-18(29)14(7-5-6-8-19)24-17(28)13(4)23-16(27)12(3)22-15(26)11(2)20/h9-14H,5-8,19-20H2,1-4H3,(H,21,29)(H,22,26)(H,23,27)(H,24,28)/t10-,11-,12-,13-,14-/m0/s1. The zero-order valence-electron chi connectivity index (χ0n) is 17.5. The summed E-state index contributed by atoms with van der Waals surface area (Å²) in [7, 11) is 0. The minimum atomic E-state index is -0.953. The Morgan fingerprint density at radius 1 is 0.793 bits per heavy atom. The van der Waals surface area contributed by atoms with Gasteiger partial charge in [-0.3, -0.25) is 19.2 Å². The SMILES string of the molecule is C[C@H](N)C(=O)N[C@@H](C)C(=O)N[C@@H](C)C(=O)N[C@@H](CCCCN)C(=O)N[C@@H](C)C=O. The molecule has 8 N–H and O–H groups in total. The molecule has 0 aliphatic heterocycles. The van der Waals surface area contributed by atoms with E-state index in [1.807, 2.05) is 0 Å². The molecule has 0 heterocycles. The second kappa shape index (κ2) is 13.6. The lowest BCUT2D eigenvalue weighted by Crippen LogP contribution is -2.56. The lowest BCUT2D eigenvalue weighted by atomic mass is 10.1. The second-order valence-electron chi connectivity index (χ2n) is 7.03. The van der Waals surface area contributed by atoms with Crippen LogP contribution < -0.4 is 32.7 Å². The van der Waals surface area contributed by atoms with E-state index in [1.165, 1.54) is 27.7 Å². The van der Waals surface area contributed by atoms with Gasteiger partial charge in [0.25, 0.3) is 0 Å². The van der Waals surface area contributed by atoms with Gasteiger partial charge in [0.2, 0.25) is 23.6 Å². The summed E-state index contributed by atoms with van der Waals surface area (Å²) in [5.41, 5.74) is 10.9. The molecule has 0 aromatic heterocycles. The molecule has 0 fully saturated rings. The molecule has 4 amide bonds. The van der Waals surface area contributed by atoms with E-state index in [2.05, 4.69) is 21.3 Å². The molecule has 0 aromatic rings. The molecule has 0 aromatic carbocycles. The molecule has 5 atom stereocenters. The van der Waals surface area contributed by atoms with Crippen LogP contribution in [0.4, 0.5) is 0 Å². The van der Waals surface area contributed by atoms with Crippen molar-refractivity contribution < 1.29 is 24.0 Å². The van der Waals surface area contributed by atoms with E-state index in [9.17, 15) is 24.0 Å². The normalized spacial score (nSPS) is 15.8. The Kier molecular flexibility index (Phi) is 12.4. The predicted molar refractivity (Wildman–Crippen MR) is 107 cm³/mol. The summed E-state index contributed by atoms with van der Waals surface area (Å²) < 4.78 is 0. The van der Waals surface area contributed by atoms with Crippen molar-refractivity contribution in [3.05, 3.63) is 0 Å². The lowest BCUT2D eigenvalue weighted by Gasteiger charge is -2.23. The molecule has 0 bridgehead atoms. The van der Waals surface area contributed by atoms with Gasteiger partial charge in [-0.25, -0.2) is 0 Å². The quantitative estimate of drug-likeness (QED) is 0.144. The molecule has 0 radical (unpaired) electrons. The van der Waals surface area contributed by atoms with E-state index in [4.69, 9.17) is 11.5 Å². The Labute approximate surface area is 171 Å². The first-order chi connectivity index (χ1) is 13.5. The summed E-state index contributed by atoms with van der Waals surface area (Å²) in [4.78, 5) is 59.2. The highest BCUT2D eigenvalue weighted by molar-refractivity contribution is 5.94. The highest BCUT2D eigenvalue weighted by atomic mass is 16.2. The molecule has 166 valence electrons. The number of nitrogens with two attached hydrogens (primary N) is 2. The summed E-state index contributed by atoms with van der Waals surface area (Å²) in [5.74, 6) is -2.13. The monoisotopic (exact) mass is 414 g/mol. The molecule has 11 heteroatoms. The maximum absolute atomic E-state index is 12.4. The van der Waals surface area contributed by atoms with E-state index < -0.39 is 53.8 Å². The molecule has 0 unspecified atom stereocenters. The Morgan fingerprint density at radius 3 is 1.79 bits per heavy atom. The number of aldehydes is 1. The number of hydrogen-bond acceptors (Lipinski definition) is 7. The average Bonchev–Trinajstić information content (AvgIpc) is 2.66. The number of unbranched alkanes of at least 4 members (excludes halogenated alkanes) is 1. The zero-order chi connectivity index (χ0) is 22.6. The van der Waals surface area contributed by atoms with Crippen LogP contribution in [0.25, 0.3) is 0 Å². The number of amides is 4. The maximum Gasteiger partial charge on any atom is 0.243 e. The average molecular weight is 415 g/mol. The predicted octanol–water partition coefficient (Wildman–Crippen LogP) is -2.34. The van der Waals surface area contributed by atoms with Gasteiger partial charge in [-0.15, -0.1) is 0 Å². The first kappa shape index (κ1) is 26.5. The smallest absolute Gasteiger partial charge is 0.243 e. The largest absolute Gasteiger partial charge is 0.345 e. The van der Waals surface area contributed by atoms with E-state index in [0.717, 1.165) is 0 Å². The molecule has 0 saturated carbocycles. The van der Waals surface area contributed by atoms with E-state index in [-0.39, 0.29) is 0 Å². The minimum absolute atomic E-state index is 0.335. The highest BCUT2D eigenvalue weighted by Gasteiger charge is 2.26. The third kappa shape index (κ3) is 10.5. The van der Waals surface area contributed by atoms with Crippen LogP contribution in [0.5, 0.6) is 0 Å². The van der Waals surface area contributed by atoms with Crippen molar-refractivity contribution in [2.24, 2.45) is 11.5 Å². The Bertz CT molecular complexity index is 583. The van der Waals surface area contributed by atoms with Gasteiger partial charge >= 0.3 is 0 Å². The number of carbonyl (C=O) groups is 5. The molecule has 0 saturated heterocycles. The third-order valence-corrected chi connectivity index (χ3v) is 4.07. The van der Waals surface area contributed by atoms with Crippen LogP contribution in [0.1, 0.15) is 47.0 Å². The second-order valence-corrected chi connectivity index (χ2v) is 7.03. The van der Waals surface area contributed by atoms with Gasteiger partial charge in [0, 0.05) is 0 Å². The summed E-state index contributed by atoms with van der Waals surface area (Å²) >= 11 is 0. The molecule has 0 aliphatic rings. The van der Waals surface area contributed by atoms with Crippen molar-refractivity contribution >= 4 is 29.9 Å². The topological polar surface area (TPSA) is 186 Å². The van der Waals surface area contributed by atoms with Gasteiger partial charge in [0.05, 0.1) is 12.1 Å². The van der Waals surface area contributed by atoms with Crippen LogP contribution in [-0.2, 0) is 24.0 Å². The van der Waals surface area contributed by atoms with Crippen LogP contribution in [0.2, 0.25) is 0 Å². The molecule has 0 rings (SSSR count). The fourth-order valence-electron chi connectivity index (χ4n) is 2.23. The number of carbonyl (C=O) groups excluding carboxylic acids is 5. The molecular formula is C18H34N6O5. The summed E-state index contributed by atoms with van der Waals surface area (Å²) in [6, 6.07) is -4.17. The van der Waals surface area contributed by atoms with E-state index >= 15 is 0 Å². The summed E-state index contributed by atoms with van der Waals surface area (Å²) in [6.07, 6.45) is 2.19. The van der Waals surface area contributed by atoms with E-state index in [1.54, 1.807) is 0 Å². The van der Waals surface area contributed by atoms with Gasteiger partial charge in [-0.2, -0.15) is 0 Å². The van der Waals surface area contributed by atoms with Gasteiger partial charge in [0.1, 0.15) is 24.4 Å². The number of hydrogen-bond donors (Lipinski definition) is 6. The first-order valence-corrected chi connectivity index (χ1v) is 9.65. The van der Waals surface area contributed by atoms with Gasteiger partial charge < -0.3 is 37.5 Å². The Hall–Kier alpha value is -2.53. The molecule has 0 aliphatic carbocycles. The molecule has 29 heavy (non-hydrogen) atoms. The van der Waals surface area contributed by atoms with Crippen molar-refractivity contribution in [3.63, 3.8) is 0 Å². The van der Waals surface area contributed by atoms with Crippen LogP contribution in [0, 0.1) is 0 Å². The molecular weight excluding hydrogens is 380 g/mol.